The standard InChI is InChI=1S/C20H24F2N2O4S/c1-3-18(25)24-13-20(21,22)12-17(24)19(26)23-10-8-15(9-11-23)14-4-6-16(7-5-14)29(2,27)28/h3-7,15,17H,1,8-13H2,2H3/t17-/m1/s1. The normalized spacial score (nSPS) is 22.5. The minimum atomic E-state index is -3.26. The molecule has 3 rings (SSSR count). The number of piperidine rings is 1. The molecular weight excluding hydrogens is 402 g/mol. The number of halogens is 2. The van der Waals surface area contributed by atoms with Crippen LogP contribution in [0.15, 0.2) is 41.8 Å². The van der Waals surface area contributed by atoms with Crippen LogP contribution < -0.4 is 0 Å². The SMILES string of the molecule is C=CC(=O)N1CC(F)(F)C[C@@H]1C(=O)N1CCC(c2ccc(S(C)(=O)=O)cc2)CC1. The topological polar surface area (TPSA) is 74.8 Å². The van der Waals surface area contributed by atoms with Gasteiger partial charge in [0.15, 0.2) is 9.84 Å². The van der Waals surface area contributed by atoms with E-state index in [0.29, 0.717) is 25.9 Å². The highest BCUT2D eigenvalue weighted by molar-refractivity contribution is 7.90. The van der Waals surface area contributed by atoms with Gasteiger partial charge in [-0.1, -0.05) is 18.7 Å². The summed E-state index contributed by atoms with van der Waals surface area (Å²) in [5, 5.41) is 0. The lowest BCUT2D eigenvalue weighted by Gasteiger charge is -2.35. The molecule has 29 heavy (non-hydrogen) atoms. The number of rotatable bonds is 4. The molecule has 0 aromatic heterocycles. The Morgan fingerprint density at radius 3 is 2.28 bits per heavy atom. The number of nitrogens with zero attached hydrogens (tertiary/aromatic N) is 2. The lowest BCUT2D eigenvalue weighted by atomic mass is 9.89. The molecule has 0 saturated carbocycles. The van der Waals surface area contributed by atoms with Gasteiger partial charge in [0.05, 0.1) is 11.4 Å². The Hall–Kier alpha value is -2.29. The van der Waals surface area contributed by atoms with Crippen LogP contribution in [0.2, 0.25) is 0 Å². The third-order valence-corrected chi connectivity index (χ3v) is 6.73. The van der Waals surface area contributed by atoms with Crippen molar-refractivity contribution in [1.82, 2.24) is 9.80 Å². The molecule has 2 amide bonds. The van der Waals surface area contributed by atoms with Gasteiger partial charge < -0.3 is 9.80 Å². The lowest BCUT2D eigenvalue weighted by Crippen LogP contribution is -2.49. The van der Waals surface area contributed by atoms with Crippen LogP contribution in [0.3, 0.4) is 0 Å². The summed E-state index contributed by atoms with van der Waals surface area (Å²) in [6.45, 7) is 3.36. The summed E-state index contributed by atoms with van der Waals surface area (Å²) in [5.74, 6) is -4.05. The second kappa shape index (κ2) is 7.85. The highest BCUT2D eigenvalue weighted by atomic mass is 32.2. The van der Waals surface area contributed by atoms with Crippen molar-refractivity contribution in [2.24, 2.45) is 0 Å². The quantitative estimate of drug-likeness (QED) is 0.692. The van der Waals surface area contributed by atoms with E-state index < -0.39 is 46.6 Å². The Labute approximate surface area is 169 Å². The van der Waals surface area contributed by atoms with Crippen molar-refractivity contribution in [3.63, 3.8) is 0 Å². The molecule has 0 N–H and O–H groups in total. The van der Waals surface area contributed by atoms with Gasteiger partial charge >= 0.3 is 0 Å². The van der Waals surface area contributed by atoms with Crippen molar-refractivity contribution in [3.8, 4) is 0 Å². The van der Waals surface area contributed by atoms with Crippen LogP contribution in [0.25, 0.3) is 0 Å². The molecule has 0 unspecified atom stereocenters. The van der Waals surface area contributed by atoms with Crippen molar-refractivity contribution in [3.05, 3.63) is 42.5 Å². The van der Waals surface area contributed by atoms with Crippen molar-refractivity contribution < 1.29 is 26.8 Å². The van der Waals surface area contributed by atoms with Crippen LogP contribution in [-0.4, -0.2) is 67.9 Å². The molecule has 0 spiro atoms. The number of amides is 2. The Bertz CT molecular complexity index is 907. The summed E-state index contributed by atoms with van der Waals surface area (Å²) in [7, 11) is -3.26. The molecule has 2 aliphatic rings. The van der Waals surface area contributed by atoms with Gasteiger partial charge in [-0.2, -0.15) is 0 Å². The molecule has 1 atom stereocenters. The van der Waals surface area contributed by atoms with E-state index in [1.807, 2.05) is 0 Å². The van der Waals surface area contributed by atoms with E-state index in [1.54, 1.807) is 24.3 Å². The van der Waals surface area contributed by atoms with Gasteiger partial charge in [-0.05, 0) is 42.5 Å². The van der Waals surface area contributed by atoms with E-state index in [-0.39, 0.29) is 10.8 Å². The van der Waals surface area contributed by atoms with Gasteiger partial charge in [-0.15, -0.1) is 0 Å². The maximum absolute atomic E-state index is 13.8. The molecule has 1 aromatic carbocycles. The molecule has 158 valence electrons. The number of hydrogen-bond acceptors (Lipinski definition) is 4. The maximum Gasteiger partial charge on any atom is 0.267 e. The zero-order chi connectivity index (χ0) is 21.4. The van der Waals surface area contributed by atoms with Crippen molar-refractivity contribution in [1.29, 1.82) is 0 Å². The fourth-order valence-corrected chi connectivity index (χ4v) is 4.65. The van der Waals surface area contributed by atoms with E-state index >= 15 is 0 Å². The summed E-state index contributed by atoms with van der Waals surface area (Å²) >= 11 is 0. The molecule has 0 aliphatic carbocycles. The Balaban J connectivity index is 1.65. The highest BCUT2D eigenvalue weighted by Gasteiger charge is 2.50. The zero-order valence-electron chi connectivity index (χ0n) is 16.2. The fraction of sp³-hybridized carbons (Fsp3) is 0.500. The largest absolute Gasteiger partial charge is 0.341 e. The molecule has 0 bridgehead atoms. The molecule has 2 fully saturated rings. The first-order chi connectivity index (χ1) is 13.5. The molecule has 6 nitrogen and oxygen atoms in total. The molecule has 2 aliphatic heterocycles. The van der Waals surface area contributed by atoms with E-state index in [0.717, 1.165) is 22.8 Å². The molecule has 0 radical (unpaired) electrons. The van der Waals surface area contributed by atoms with E-state index in [4.69, 9.17) is 0 Å². The van der Waals surface area contributed by atoms with E-state index in [1.165, 1.54) is 4.90 Å². The number of likely N-dealkylation sites (tertiary alicyclic amines) is 2. The molecule has 1 aromatic rings. The molecule has 2 heterocycles. The number of carbonyl (C=O) groups excluding carboxylic acids is 2. The van der Waals surface area contributed by atoms with Gasteiger partial charge in [-0.3, -0.25) is 9.59 Å². The van der Waals surface area contributed by atoms with Crippen LogP contribution >= 0.6 is 0 Å². The van der Waals surface area contributed by atoms with Gasteiger partial charge in [0, 0.05) is 25.8 Å². The first-order valence-corrected chi connectivity index (χ1v) is 11.3. The second-order valence-corrected chi connectivity index (χ2v) is 9.70. The van der Waals surface area contributed by atoms with E-state index in [9.17, 15) is 26.8 Å². The number of alkyl halides is 2. The van der Waals surface area contributed by atoms with Gasteiger partial charge in [-0.25, -0.2) is 17.2 Å². The summed E-state index contributed by atoms with van der Waals surface area (Å²) in [5.41, 5.74) is 0.986. The van der Waals surface area contributed by atoms with Crippen LogP contribution in [0, 0.1) is 0 Å². The molecular formula is C20H24F2N2O4S. The number of hydrogen-bond donors (Lipinski definition) is 0. The Morgan fingerprint density at radius 1 is 1.17 bits per heavy atom. The highest BCUT2D eigenvalue weighted by Crippen LogP contribution is 2.35. The summed E-state index contributed by atoms with van der Waals surface area (Å²) in [6.07, 6.45) is 2.72. The Kier molecular flexibility index (Phi) is 5.80. The lowest BCUT2D eigenvalue weighted by molar-refractivity contribution is -0.142. The third-order valence-electron chi connectivity index (χ3n) is 5.60. The third kappa shape index (κ3) is 4.66. The average Bonchev–Trinajstić information content (AvgIpc) is 3.02. The van der Waals surface area contributed by atoms with E-state index in [2.05, 4.69) is 6.58 Å². The Morgan fingerprint density at radius 2 is 1.76 bits per heavy atom. The molecule has 9 heteroatoms. The van der Waals surface area contributed by atoms with Crippen LogP contribution in [0.4, 0.5) is 8.78 Å². The van der Waals surface area contributed by atoms with Gasteiger partial charge in [0.2, 0.25) is 11.8 Å². The first kappa shape index (κ1) is 21.4. The number of sulfone groups is 1. The smallest absolute Gasteiger partial charge is 0.267 e. The van der Waals surface area contributed by atoms with Crippen molar-refractivity contribution >= 4 is 21.7 Å². The number of benzene rings is 1. The second-order valence-electron chi connectivity index (χ2n) is 7.69. The van der Waals surface area contributed by atoms with Crippen molar-refractivity contribution in [2.45, 2.75) is 42.0 Å². The number of carbonyl (C=O) groups is 2. The minimum absolute atomic E-state index is 0.156. The van der Waals surface area contributed by atoms with Gasteiger partial charge in [0.25, 0.3) is 5.92 Å². The average molecular weight is 426 g/mol. The maximum atomic E-state index is 13.8. The summed E-state index contributed by atoms with van der Waals surface area (Å²) in [6, 6.07) is 5.53. The molecule has 2 saturated heterocycles. The van der Waals surface area contributed by atoms with Gasteiger partial charge in [0.1, 0.15) is 6.04 Å². The van der Waals surface area contributed by atoms with Crippen molar-refractivity contribution in [2.75, 3.05) is 25.9 Å². The van der Waals surface area contributed by atoms with Crippen LogP contribution in [0.1, 0.15) is 30.7 Å². The fourth-order valence-electron chi connectivity index (χ4n) is 4.02. The van der Waals surface area contributed by atoms with Crippen LogP contribution in [0.5, 0.6) is 0 Å². The minimum Gasteiger partial charge on any atom is -0.341 e. The summed E-state index contributed by atoms with van der Waals surface area (Å²) < 4.78 is 50.8. The monoisotopic (exact) mass is 426 g/mol. The van der Waals surface area contributed by atoms with Crippen LogP contribution in [-0.2, 0) is 19.4 Å². The summed E-state index contributed by atoms with van der Waals surface area (Å²) in [4.78, 5) is 27.4. The predicted molar refractivity (Wildman–Crippen MR) is 103 cm³/mol. The first-order valence-electron chi connectivity index (χ1n) is 9.41. The predicted octanol–water partition coefficient (Wildman–Crippen LogP) is 2.22. The zero-order valence-corrected chi connectivity index (χ0v) is 17.0.